The van der Waals surface area contributed by atoms with E-state index in [1.165, 1.54) is 16.4 Å². The lowest BCUT2D eigenvalue weighted by Gasteiger charge is -2.36. The first kappa shape index (κ1) is 21.7. The van der Waals surface area contributed by atoms with Crippen LogP contribution < -0.4 is 5.32 Å². The molecule has 2 aromatic carbocycles. The molecule has 0 aliphatic carbocycles. The van der Waals surface area contributed by atoms with Crippen molar-refractivity contribution in [3.05, 3.63) is 64.9 Å². The van der Waals surface area contributed by atoms with Gasteiger partial charge in [-0.3, -0.25) is 9.69 Å². The molecule has 1 saturated heterocycles. The molecule has 0 aromatic heterocycles. The SMILES string of the molecule is CC(C(=O)Nc1ccc(F)cc1Cl)N1CCN(S(=O)(=O)Cc2ccccc2)CC1. The van der Waals surface area contributed by atoms with Gasteiger partial charge in [0.25, 0.3) is 0 Å². The van der Waals surface area contributed by atoms with Gasteiger partial charge in [0.1, 0.15) is 5.82 Å². The molecule has 3 rings (SSSR count). The van der Waals surface area contributed by atoms with Gasteiger partial charge in [-0.25, -0.2) is 12.8 Å². The van der Waals surface area contributed by atoms with Crippen LogP contribution in [-0.4, -0.2) is 55.8 Å². The van der Waals surface area contributed by atoms with Crippen LogP contribution in [0.4, 0.5) is 10.1 Å². The van der Waals surface area contributed by atoms with Gasteiger partial charge in [0.15, 0.2) is 0 Å². The van der Waals surface area contributed by atoms with Crippen molar-refractivity contribution in [3.63, 3.8) is 0 Å². The zero-order valence-corrected chi connectivity index (χ0v) is 17.6. The number of hydrogen-bond donors (Lipinski definition) is 1. The van der Waals surface area contributed by atoms with Crippen LogP contribution in [0.25, 0.3) is 0 Å². The number of piperazine rings is 1. The number of rotatable bonds is 6. The highest BCUT2D eigenvalue weighted by Crippen LogP contribution is 2.23. The number of nitrogens with one attached hydrogen (secondary N) is 1. The Balaban J connectivity index is 1.56. The second kappa shape index (κ2) is 9.21. The summed E-state index contributed by atoms with van der Waals surface area (Å²) in [5.74, 6) is -0.791. The summed E-state index contributed by atoms with van der Waals surface area (Å²) in [7, 11) is -3.41. The fraction of sp³-hybridized carbons (Fsp3) is 0.350. The van der Waals surface area contributed by atoms with E-state index in [-0.39, 0.29) is 16.7 Å². The molecule has 0 saturated carbocycles. The van der Waals surface area contributed by atoms with Crippen LogP contribution in [0, 0.1) is 5.82 Å². The van der Waals surface area contributed by atoms with Crippen molar-refractivity contribution in [1.82, 2.24) is 9.21 Å². The molecule has 1 aliphatic rings. The Morgan fingerprint density at radius 3 is 2.41 bits per heavy atom. The van der Waals surface area contributed by atoms with E-state index in [0.717, 1.165) is 11.6 Å². The first-order valence-corrected chi connectivity index (χ1v) is 11.3. The summed E-state index contributed by atoms with van der Waals surface area (Å²) in [5, 5.41) is 2.82. The standard InChI is InChI=1S/C20H23ClFN3O3S/c1-15(20(26)23-19-8-7-17(22)13-18(19)21)24-9-11-25(12-10-24)29(27,28)14-16-5-3-2-4-6-16/h2-8,13,15H,9-12,14H2,1H3,(H,23,26). The van der Waals surface area contributed by atoms with Crippen LogP contribution in [-0.2, 0) is 20.6 Å². The van der Waals surface area contributed by atoms with Crippen molar-refractivity contribution in [2.45, 2.75) is 18.7 Å². The van der Waals surface area contributed by atoms with Gasteiger partial charge in [-0.2, -0.15) is 4.31 Å². The van der Waals surface area contributed by atoms with E-state index in [9.17, 15) is 17.6 Å². The average Bonchev–Trinajstić information content (AvgIpc) is 2.70. The van der Waals surface area contributed by atoms with Gasteiger partial charge in [0.2, 0.25) is 15.9 Å². The molecule has 0 radical (unpaired) electrons. The Kier molecular flexibility index (Phi) is 6.89. The molecule has 1 fully saturated rings. The Bertz CT molecular complexity index is 964. The third kappa shape index (κ3) is 5.54. The molecule has 0 spiro atoms. The van der Waals surface area contributed by atoms with Gasteiger partial charge < -0.3 is 5.32 Å². The summed E-state index contributed by atoms with van der Waals surface area (Å²) < 4.78 is 39.9. The van der Waals surface area contributed by atoms with Gasteiger partial charge in [-0.1, -0.05) is 41.9 Å². The molecule has 1 unspecified atom stereocenters. The number of hydrogen-bond acceptors (Lipinski definition) is 4. The topological polar surface area (TPSA) is 69.7 Å². The molecule has 2 aromatic rings. The van der Waals surface area contributed by atoms with Crippen molar-refractivity contribution in [3.8, 4) is 0 Å². The molecule has 1 atom stereocenters. The zero-order chi connectivity index (χ0) is 21.0. The highest BCUT2D eigenvalue weighted by atomic mass is 35.5. The van der Waals surface area contributed by atoms with E-state index >= 15 is 0 Å². The quantitative estimate of drug-likeness (QED) is 0.751. The van der Waals surface area contributed by atoms with Gasteiger partial charge in [-0.15, -0.1) is 0 Å². The van der Waals surface area contributed by atoms with E-state index in [1.54, 1.807) is 19.1 Å². The maximum absolute atomic E-state index is 13.1. The van der Waals surface area contributed by atoms with Crippen molar-refractivity contribution in [1.29, 1.82) is 0 Å². The molecule has 6 nitrogen and oxygen atoms in total. The lowest BCUT2D eigenvalue weighted by molar-refractivity contribution is -0.121. The minimum atomic E-state index is -3.41. The van der Waals surface area contributed by atoms with E-state index in [0.29, 0.717) is 31.9 Å². The number of benzene rings is 2. The molecule has 0 bridgehead atoms. The minimum Gasteiger partial charge on any atom is -0.323 e. The average molecular weight is 440 g/mol. The number of nitrogens with zero attached hydrogens (tertiary/aromatic N) is 2. The molecule has 9 heteroatoms. The van der Waals surface area contributed by atoms with E-state index in [2.05, 4.69) is 5.32 Å². The maximum atomic E-state index is 13.1. The number of carbonyl (C=O) groups excluding carboxylic acids is 1. The fourth-order valence-corrected chi connectivity index (χ4v) is 4.97. The van der Waals surface area contributed by atoms with Crippen LogP contribution in [0.1, 0.15) is 12.5 Å². The van der Waals surface area contributed by atoms with Crippen LogP contribution >= 0.6 is 11.6 Å². The third-order valence-electron chi connectivity index (χ3n) is 4.97. The number of sulfonamides is 1. The van der Waals surface area contributed by atoms with E-state index < -0.39 is 21.9 Å². The monoisotopic (exact) mass is 439 g/mol. The Morgan fingerprint density at radius 1 is 1.14 bits per heavy atom. The third-order valence-corrected chi connectivity index (χ3v) is 7.14. The summed E-state index contributed by atoms with van der Waals surface area (Å²) in [6, 6.07) is 12.4. The molecular weight excluding hydrogens is 417 g/mol. The highest BCUT2D eigenvalue weighted by Gasteiger charge is 2.31. The predicted molar refractivity (Wildman–Crippen MR) is 112 cm³/mol. The first-order chi connectivity index (χ1) is 13.8. The van der Waals surface area contributed by atoms with Gasteiger partial charge in [-0.05, 0) is 30.7 Å². The van der Waals surface area contributed by atoms with Crippen molar-refractivity contribution < 1.29 is 17.6 Å². The van der Waals surface area contributed by atoms with Crippen LogP contribution in [0.5, 0.6) is 0 Å². The van der Waals surface area contributed by atoms with Crippen molar-refractivity contribution in [2.75, 3.05) is 31.5 Å². The van der Waals surface area contributed by atoms with Gasteiger partial charge in [0, 0.05) is 26.2 Å². The zero-order valence-electron chi connectivity index (χ0n) is 16.0. The lowest BCUT2D eigenvalue weighted by atomic mass is 10.2. The summed E-state index contributed by atoms with van der Waals surface area (Å²) in [6.07, 6.45) is 0. The molecule has 1 heterocycles. The molecule has 1 aliphatic heterocycles. The molecule has 29 heavy (non-hydrogen) atoms. The van der Waals surface area contributed by atoms with Crippen molar-refractivity contribution >= 4 is 33.2 Å². The Morgan fingerprint density at radius 2 is 1.79 bits per heavy atom. The van der Waals surface area contributed by atoms with E-state index in [4.69, 9.17) is 11.6 Å². The van der Waals surface area contributed by atoms with Crippen LogP contribution in [0.3, 0.4) is 0 Å². The normalized spacial score (nSPS) is 17.1. The summed E-state index contributed by atoms with van der Waals surface area (Å²) in [6.45, 7) is 3.29. The van der Waals surface area contributed by atoms with Crippen LogP contribution in [0.15, 0.2) is 48.5 Å². The van der Waals surface area contributed by atoms with Gasteiger partial charge in [0.05, 0.1) is 22.5 Å². The molecule has 1 amide bonds. The lowest BCUT2D eigenvalue weighted by Crippen LogP contribution is -2.54. The molecular formula is C20H23ClFN3O3S. The van der Waals surface area contributed by atoms with Crippen LogP contribution in [0.2, 0.25) is 5.02 Å². The van der Waals surface area contributed by atoms with Crippen molar-refractivity contribution in [2.24, 2.45) is 0 Å². The predicted octanol–water partition coefficient (Wildman–Crippen LogP) is 2.95. The summed E-state index contributed by atoms with van der Waals surface area (Å²) in [4.78, 5) is 14.4. The molecule has 156 valence electrons. The first-order valence-electron chi connectivity index (χ1n) is 9.28. The molecule has 1 N–H and O–H groups in total. The maximum Gasteiger partial charge on any atom is 0.241 e. The fourth-order valence-electron chi connectivity index (χ4n) is 3.24. The summed E-state index contributed by atoms with van der Waals surface area (Å²) in [5.41, 5.74) is 1.09. The smallest absolute Gasteiger partial charge is 0.241 e. The Hall–Kier alpha value is -2.00. The second-order valence-corrected chi connectivity index (χ2v) is 9.34. The number of anilines is 1. The Labute approximate surface area is 175 Å². The number of carbonyl (C=O) groups is 1. The summed E-state index contributed by atoms with van der Waals surface area (Å²) >= 11 is 5.96. The highest BCUT2D eigenvalue weighted by molar-refractivity contribution is 7.88. The van der Waals surface area contributed by atoms with E-state index in [1.807, 2.05) is 23.1 Å². The second-order valence-electron chi connectivity index (χ2n) is 6.97. The number of halogens is 2. The largest absolute Gasteiger partial charge is 0.323 e. The number of amides is 1. The van der Waals surface area contributed by atoms with Gasteiger partial charge >= 0.3 is 0 Å². The minimum absolute atomic E-state index is 0.0348.